The van der Waals surface area contributed by atoms with Crippen LogP contribution in [0, 0.1) is 0 Å². The van der Waals surface area contributed by atoms with Gasteiger partial charge in [0.1, 0.15) is 0 Å². The first-order chi connectivity index (χ1) is 7.52. The second kappa shape index (κ2) is 4.97. The first kappa shape index (κ1) is 11.8. The van der Waals surface area contributed by atoms with Gasteiger partial charge in [-0.1, -0.05) is 18.2 Å². The maximum Gasteiger partial charge on any atom is 0.300 e. The molecule has 5 nitrogen and oxygen atoms in total. The monoisotopic (exact) mass is 220 g/mol. The molecule has 5 heteroatoms. The van der Waals surface area contributed by atoms with Crippen LogP contribution in [0.2, 0.25) is 0 Å². The molecule has 0 saturated carbocycles. The number of benzene rings is 1. The number of H-pyrrole nitrogens is 1. The highest BCUT2D eigenvalue weighted by Crippen LogP contribution is 2.16. The largest absolute Gasteiger partial charge is 0.481 e. The van der Waals surface area contributed by atoms with Crippen molar-refractivity contribution in [2.75, 3.05) is 0 Å². The molecule has 1 heterocycles. The van der Waals surface area contributed by atoms with Crippen molar-refractivity contribution in [3.05, 3.63) is 36.0 Å². The van der Waals surface area contributed by atoms with E-state index in [-0.39, 0.29) is 0 Å². The summed E-state index contributed by atoms with van der Waals surface area (Å²) in [5.41, 5.74) is 6.65. The normalized spacial score (nSPS) is 9.31. The summed E-state index contributed by atoms with van der Waals surface area (Å²) in [4.78, 5) is 22.8. The molecule has 0 fully saturated rings. The molecule has 1 aromatic carbocycles. The number of carbonyl (C=O) groups excluding carboxylic acids is 1. The van der Waals surface area contributed by atoms with Crippen molar-refractivity contribution in [3.63, 3.8) is 0 Å². The van der Waals surface area contributed by atoms with Crippen molar-refractivity contribution >= 4 is 22.8 Å². The first-order valence-electron chi connectivity index (χ1n) is 4.58. The third-order valence-corrected chi connectivity index (χ3v) is 1.85. The van der Waals surface area contributed by atoms with Crippen LogP contribution in [0.3, 0.4) is 0 Å². The van der Waals surface area contributed by atoms with Crippen molar-refractivity contribution in [2.45, 2.75) is 6.92 Å². The molecular weight excluding hydrogens is 208 g/mol. The first-order valence-corrected chi connectivity index (χ1v) is 4.58. The fourth-order valence-electron chi connectivity index (χ4n) is 1.28. The third kappa shape index (κ3) is 2.84. The molecule has 2 aromatic rings. The van der Waals surface area contributed by atoms with Gasteiger partial charge in [0.25, 0.3) is 11.9 Å². The number of primary amides is 1. The maximum absolute atomic E-state index is 10.9. The topological polar surface area (TPSA) is 96.2 Å². The number of carbonyl (C=O) groups is 2. The van der Waals surface area contributed by atoms with Crippen molar-refractivity contribution in [1.29, 1.82) is 0 Å². The molecule has 2 rings (SSSR count). The molecule has 84 valence electrons. The van der Waals surface area contributed by atoms with E-state index >= 15 is 0 Å². The van der Waals surface area contributed by atoms with E-state index in [1.54, 1.807) is 6.20 Å². The second-order valence-corrected chi connectivity index (χ2v) is 3.13. The number of hydrogen-bond donors (Lipinski definition) is 3. The number of amides is 1. The zero-order valence-electron chi connectivity index (χ0n) is 8.73. The van der Waals surface area contributed by atoms with Gasteiger partial charge < -0.3 is 15.8 Å². The van der Waals surface area contributed by atoms with Gasteiger partial charge in [-0.3, -0.25) is 9.59 Å². The molecule has 0 bridgehead atoms. The van der Waals surface area contributed by atoms with Gasteiger partial charge in [0.2, 0.25) is 0 Å². The molecule has 0 unspecified atom stereocenters. The number of aliphatic carboxylic acids is 1. The summed E-state index contributed by atoms with van der Waals surface area (Å²) in [7, 11) is 0. The van der Waals surface area contributed by atoms with Crippen LogP contribution in [0.4, 0.5) is 0 Å². The summed E-state index contributed by atoms with van der Waals surface area (Å²) in [6, 6.07) is 7.56. The molecule has 0 aliphatic heterocycles. The van der Waals surface area contributed by atoms with Gasteiger partial charge in [0, 0.05) is 24.0 Å². The number of carboxylic acid groups (broad SMARTS) is 1. The minimum Gasteiger partial charge on any atom is -0.481 e. The van der Waals surface area contributed by atoms with Crippen LogP contribution in [-0.4, -0.2) is 22.0 Å². The number of rotatable bonds is 1. The molecule has 0 saturated heterocycles. The Labute approximate surface area is 91.9 Å². The Bertz CT molecular complexity index is 513. The summed E-state index contributed by atoms with van der Waals surface area (Å²) < 4.78 is 0. The van der Waals surface area contributed by atoms with Crippen LogP contribution in [0.1, 0.15) is 17.3 Å². The van der Waals surface area contributed by atoms with E-state index in [1.807, 2.05) is 24.3 Å². The van der Waals surface area contributed by atoms with E-state index in [0.717, 1.165) is 17.8 Å². The number of aromatic amines is 1. The highest BCUT2D eigenvalue weighted by atomic mass is 16.4. The Balaban J connectivity index is 0.000000280. The van der Waals surface area contributed by atoms with E-state index in [0.29, 0.717) is 5.56 Å². The Hall–Kier alpha value is -2.30. The predicted molar refractivity (Wildman–Crippen MR) is 60.1 cm³/mol. The minimum atomic E-state index is -0.833. The van der Waals surface area contributed by atoms with E-state index in [9.17, 15) is 4.79 Å². The molecule has 1 aromatic heterocycles. The molecule has 1 amide bonds. The standard InChI is InChI=1S/C9H8N2O.C2H4O2/c10-9(12)7-5-11-8-4-2-1-3-6(7)8;1-2(3)4/h1-5,11H,(H2,10,12);1H3,(H,3,4). The van der Waals surface area contributed by atoms with Crippen molar-refractivity contribution in [3.8, 4) is 0 Å². The minimum absolute atomic E-state index is 0.396. The van der Waals surface area contributed by atoms with Gasteiger partial charge in [-0.25, -0.2) is 0 Å². The molecule has 4 N–H and O–H groups in total. The van der Waals surface area contributed by atoms with E-state index in [1.165, 1.54) is 0 Å². The SMILES string of the molecule is CC(=O)O.NC(=O)c1c[nH]c2ccccc12. The van der Waals surface area contributed by atoms with Gasteiger partial charge >= 0.3 is 0 Å². The molecule has 0 aliphatic carbocycles. The number of hydrogen-bond acceptors (Lipinski definition) is 2. The fraction of sp³-hybridized carbons (Fsp3) is 0.0909. The molecular formula is C11H12N2O3. The number of para-hydroxylation sites is 1. The van der Waals surface area contributed by atoms with E-state index < -0.39 is 11.9 Å². The fourth-order valence-corrected chi connectivity index (χ4v) is 1.28. The quantitative estimate of drug-likeness (QED) is 0.676. The Kier molecular flexibility index (Phi) is 3.66. The highest BCUT2D eigenvalue weighted by Gasteiger charge is 2.06. The van der Waals surface area contributed by atoms with E-state index in [2.05, 4.69) is 4.98 Å². The predicted octanol–water partition coefficient (Wildman–Crippen LogP) is 1.36. The highest BCUT2D eigenvalue weighted by molar-refractivity contribution is 6.05. The molecule has 0 atom stereocenters. The zero-order chi connectivity index (χ0) is 12.1. The van der Waals surface area contributed by atoms with Gasteiger partial charge in [-0.15, -0.1) is 0 Å². The van der Waals surface area contributed by atoms with Crippen molar-refractivity contribution < 1.29 is 14.7 Å². The molecule has 0 aliphatic rings. The molecule has 16 heavy (non-hydrogen) atoms. The smallest absolute Gasteiger partial charge is 0.300 e. The summed E-state index contributed by atoms with van der Waals surface area (Å²) in [5, 5.41) is 8.30. The third-order valence-electron chi connectivity index (χ3n) is 1.85. The van der Waals surface area contributed by atoms with Gasteiger partial charge in [-0.05, 0) is 6.07 Å². The summed E-state index contributed by atoms with van der Waals surface area (Å²) in [6.45, 7) is 1.08. The van der Waals surface area contributed by atoms with Crippen LogP contribution < -0.4 is 5.73 Å². The van der Waals surface area contributed by atoms with Crippen LogP contribution in [0.15, 0.2) is 30.5 Å². The molecule has 0 spiro atoms. The van der Waals surface area contributed by atoms with Gasteiger partial charge in [-0.2, -0.15) is 0 Å². The second-order valence-electron chi connectivity index (χ2n) is 3.13. The summed E-state index contributed by atoms with van der Waals surface area (Å²) in [6.07, 6.45) is 1.63. The lowest BCUT2D eigenvalue weighted by Gasteiger charge is -1.90. The lowest BCUT2D eigenvalue weighted by atomic mass is 10.2. The number of fused-ring (bicyclic) bond motifs is 1. The van der Waals surface area contributed by atoms with Crippen LogP contribution in [-0.2, 0) is 4.79 Å². The summed E-state index contributed by atoms with van der Waals surface area (Å²) >= 11 is 0. The lowest BCUT2D eigenvalue weighted by Crippen LogP contribution is -2.09. The number of aromatic nitrogens is 1. The Morgan fingerprint density at radius 3 is 2.44 bits per heavy atom. The van der Waals surface area contributed by atoms with Crippen molar-refractivity contribution in [1.82, 2.24) is 4.98 Å². The van der Waals surface area contributed by atoms with Gasteiger partial charge in [0.05, 0.1) is 5.56 Å². The van der Waals surface area contributed by atoms with Gasteiger partial charge in [0.15, 0.2) is 0 Å². The number of nitrogens with one attached hydrogen (secondary N) is 1. The Morgan fingerprint density at radius 1 is 1.31 bits per heavy atom. The molecule has 0 radical (unpaired) electrons. The Morgan fingerprint density at radius 2 is 1.88 bits per heavy atom. The van der Waals surface area contributed by atoms with Crippen molar-refractivity contribution in [2.24, 2.45) is 5.73 Å². The number of nitrogens with two attached hydrogens (primary N) is 1. The van der Waals surface area contributed by atoms with Crippen LogP contribution in [0.5, 0.6) is 0 Å². The average Bonchev–Trinajstić information content (AvgIpc) is 2.59. The zero-order valence-corrected chi connectivity index (χ0v) is 8.73. The average molecular weight is 220 g/mol. The van der Waals surface area contributed by atoms with Crippen LogP contribution in [0.25, 0.3) is 10.9 Å². The van der Waals surface area contributed by atoms with Crippen LogP contribution >= 0.6 is 0 Å². The summed E-state index contributed by atoms with van der Waals surface area (Å²) in [5.74, 6) is -1.23. The van der Waals surface area contributed by atoms with E-state index in [4.69, 9.17) is 15.6 Å². The number of carboxylic acids is 1. The maximum atomic E-state index is 10.9. The lowest BCUT2D eigenvalue weighted by molar-refractivity contribution is -0.134.